The Morgan fingerprint density at radius 1 is 1.38 bits per heavy atom. The minimum absolute atomic E-state index is 0.0400. The van der Waals surface area contributed by atoms with Crippen molar-refractivity contribution in [2.75, 3.05) is 0 Å². The molecule has 1 heteroatoms. The summed E-state index contributed by atoms with van der Waals surface area (Å²) >= 11 is 0. The zero-order valence-electron chi connectivity index (χ0n) is 11.3. The summed E-state index contributed by atoms with van der Waals surface area (Å²) in [7, 11) is 0. The molecule has 0 bridgehead atoms. The number of rotatable bonds is 1. The molecule has 1 fully saturated rings. The first-order valence-corrected chi connectivity index (χ1v) is 6.89. The van der Waals surface area contributed by atoms with E-state index < -0.39 is 0 Å². The monoisotopic (exact) mass is 221 g/mol. The molecule has 2 aliphatic carbocycles. The van der Waals surface area contributed by atoms with Gasteiger partial charge in [-0.1, -0.05) is 32.4 Å². The van der Waals surface area contributed by atoms with Gasteiger partial charge in [-0.05, 0) is 56.3 Å². The number of hydrogen-bond donors (Lipinski definition) is 1. The summed E-state index contributed by atoms with van der Waals surface area (Å²) in [6.45, 7) is 9.37. The van der Waals surface area contributed by atoms with Gasteiger partial charge in [0.15, 0.2) is 0 Å². The van der Waals surface area contributed by atoms with Crippen molar-refractivity contribution in [3.63, 3.8) is 0 Å². The average Bonchev–Trinajstić information content (AvgIpc) is 2.15. The molecule has 0 saturated heterocycles. The summed E-state index contributed by atoms with van der Waals surface area (Å²) in [5.74, 6) is 3.24. The summed E-state index contributed by atoms with van der Waals surface area (Å²) in [5.41, 5.74) is 8.12. The molecule has 0 spiro atoms. The first-order chi connectivity index (χ1) is 7.41. The fourth-order valence-electron chi connectivity index (χ4n) is 3.78. The molecule has 1 nitrogen and oxygen atoms in total. The molecule has 0 heterocycles. The second kappa shape index (κ2) is 4.18. The minimum atomic E-state index is 0.0400. The largest absolute Gasteiger partial charge is 0.325 e. The molecule has 92 valence electrons. The van der Waals surface area contributed by atoms with E-state index in [1.807, 2.05) is 0 Å². The molecule has 0 aromatic carbocycles. The van der Waals surface area contributed by atoms with Gasteiger partial charge in [0.2, 0.25) is 0 Å². The summed E-state index contributed by atoms with van der Waals surface area (Å²) in [6, 6.07) is 0. The van der Waals surface area contributed by atoms with Gasteiger partial charge in [0.1, 0.15) is 0 Å². The number of allylic oxidation sites excluding steroid dienone is 1. The van der Waals surface area contributed by atoms with Gasteiger partial charge in [-0.2, -0.15) is 0 Å². The number of nitrogens with two attached hydrogens (primary N) is 1. The van der Waals surface area contributed by atoms with Crippen LogP contribution in [0.25, 0.3) is 0 Å². The van der Waals surface area contributed by atoms with E-state index in [0.29, 0.717) is 0 Å². The SMILES string of the molecule is CC(C)[C@H]1CC[C@@H](C)C2=CC[C@](C)(N)C[C@@H]21. The molecule has 0 aromatic rings. The molecule has 2 rings (SSSR count). The molecule has 0 aliphatic heterocycles. The summed E-state index contributed by atoms with van der Waals surface area (Å²) < 4.78 is 0. The fourth-order valence-corrected chi connectivity index (χ4v) is 3.78. The highest BCUT2D eigenvalue weighted by atomic mass is 14.7. The predicted molar refractivity (Wildman–Crippen MR) is 70.1 cm³/mol. The van der Waals surface area contributed by atoms with Crippen molar-refractivity contribution in [1.29, 1.82) is 0 Å². The molecular weight excluding hydrogens is 194 g/mol. The highest BCUT2D eigenvalue weighted by Crippen LogP contribution is 2.47. The maximum absolute atomic E-state index is 6.35. The third-order valence-corrected chi connectivity index (χ3v) is 4.79. The Hall–Kier alpha value is -0.300. The third kappa shape index (κ3) is 2.20. The molecule has 0 amide bonds. The number of fused-ring (bicyclic) bond motifs is 1. The van der Waals surface area contributed by atoms with E-state index in [2.05, 4.69) is 33.8 Å². The van der Waals surface area contributed by atoms with E-state index in [-0.39, 0.29) is 5.54 Å². The third-order valence-electron chi connectivity index (χ3n) is 4.79. The zero-order chi connectivity index (χ0) is 11.9. The Bertz CT molecular complexity index is 288. The molecular formula is C15H27N. The van der Waals surface area contributed by atoms with Gasteiger partial charge in [0.25, 0.3) is 0 Å². The second-order valence-corrected chi connectivity index (χ2v) is 6.76. The lowest BCUT2D eigenvalue weighted by atomic mass is 9.61. The van der Waals surface area contributed by atoms with Gasteiger partial charge in [0.05, 0.1) is 0 Å². The molecule has 0 unspecified atom stereocenters. The van der Waals surface area contributed by atoms with Crippen molar-refractivity contribution < 1.29 is 0 Å². The first kappa shape index (κ1) is 12.2. The highest BCUT2D eigenvalue weighted by Gasteiger charge is 2.40. The maximum atomic E-state index is 6.35. The van der Waals surface area contributed by atoms with E-state index in [1.54, 1.807) is 5.57 Å². The fraction of sp³-hybridized carbons (Fsp3) is 0.867. The van der Waals surface area contributed by atoms with E-state index >= 15 is 0 Å². The van der Waals surface area contributed by atoms with Crippen LogP contribution in [-0.4, -0.2) is 5.54 Å². The average molecular weight is 221 g/mol. The second-order valence-electron chi connectivity index (χ2n) is 6.76. The van der Waals surface area contributed by atoms with Crippen molar-refractivity contribution in [2.24, 2.45) is 29.4 Å². The van der Waals surface area contributed by atoms with Crippen LogP contribution in [0.1, 0.15) is 53.4 Å². The van der Waals surface area contributed by atoms with E-state index in [4.69, 9.17) is 5.73 Å². The van der Waals surface area contributed by atoms with Crippen LogP contribution in [0.2, 0.25) is 0 Å². The van der Waals surface area contributed by atoms with E-state index in [0.717, 1.165) is 30.1 Å². The van der Waals surface area contributed by atoms with E-state index in [1.165, 1.54) is 19.3 Å². The lowest BCUT2D eigenvalue weighted by Crippen LogP contribution is -2.45. The van der Waals surface area contributed by atoms with Crippen molar-refractivity contribution in [3.05, 3.63) is 11.6 Å². The Balaban J connectivity index is 2.25. The lowest BCUT2D eigenvalue weighted by molar-refractivity contribution is 0.159. The number of hydrogen-bond acceptors (Lipinski definition) is 1. The van der Waals surface area contributed by atoms with Crippen LogP contribution >= 0.6 is 0 Å². The van der Waals surface area contributed by atoms with Crippen molar-refractivity contribution in [1.82, 2.24) is 0 Å². The van der Waals surface area contributed by atoms with Gasteiger partial charge in [-0.3, -0.25) is 0 Å². The predicted octanol–water partition coefficient (Wildman–Crippen LogP) is 3.74. The van der Waals surface area contributed by atoms with Crippen molar-refractivity contribution in [2.45, 2.75) is 58.9 Å². The Morgan fingerprint density at radius 2 is 2.06 bits per heavy atom. The maximum Gasteiger partial charge on any atom is 0.0166 e. The van der Waals surface area contributed by atoms with Gasteiger partial charge >= 0.3 is 0 Å². The molecule has 0 aromatic heterocycles. The van der Waals surface area contributed by atoms with Crippen LogP contribution < -0.4 is 5.73 Å². The van der Waals surface area contributed by atoms with Crippen LogP contribution in [0, 0.1) is 23.7 Å². The topological polar surface area (TPSA) is 26.0 Å². The van der Waals surface area contributed by atoms with Crippen LogP contribution in [0.5, 0.6) is 0 Å². The van der Waals surface area contributed by atoms with Crippen LogP contribution in [0.4, 0.5) is 0 Å². The first-order valence-electron chi connectivity index (χ1n) is 6.89. The minimum Gasteiger partial charge on any atom is -0.325 e. The van der Waals surface area contributed by atoms with Crippen LogP contribution in [0.3, 0.4) is 0 Å². The van der Waals surface area contributed by atoms with Gasteiger partial charge < -0.3 is 5.73 Å². The molecule has 16 heavy (non-hydrogen) atoms. The molecule has 2 N–H and O–H groups in total. The molecule has 4 atom stereocenters. The quantitative estimate of drug-likeness (QED) is 0.671. The molecule has 1 saturated carbocycles. The van der Waals surface area contributed by atoms with Crippen LogP contribution in [-0.2, 0) is 0 Å². The van der Waals surface area contributed by atoms with Crippen LogP contribution in [0.15, 0.2) is 11.6 Å². The Labute approximate surface area is 100 Å². The van der Waals surface area contributed by atoms with Crippen molar-refractivity contribution >= 4 is 0 Å². The summed E-state index contributed by atoms with van der Waals surface area (Å²) in [4.78, 5) is 0. The van der Waals surface area contributed by atoms with E-state index in [9.17, 15) is 0 Å². The molecule has 0 radical (unpaired) electrons. The normalized spacial score (nSPS) is 44.1. The standard InChI is InChI=1S/C15H27N/c1-10(2)12-6-5-11(3)13-7-8-15(4,16)9-14(12)13/h7,10-12,14H,5-6,8-9,16H2,1-4H3/t11-,12-,14-,15+/m1/s1. The van der Waals surface area contributed by atoms with Crippen molar-refractivity contribution in [3.8, 4) is 0 Å². The summed E-state index contributed by atoms with van der Waals surface area (Å²) in [6.07, 6.45) is 7.52. The van der Waals surface area contributed by atoms with Gasteiger partial charge in [-0.25, -0.2) is 0 Å². The van der Waals surface area contributed by atoms with Gasteiger partial charge in [0, 0.05) is 5.54 Å². The smallest absolute Gasteiger partial charge is 0.0166 e. The lowest BCUT2D eigenvalue weighted by Gasteiger charge is -2.46. The highest BCUT2D eigenvalue weighted by molar-refractivity contribution is 5.21. The summed E-state index contributed by atoms with van der Waals surface area (Å²) in [5, 5.41) is 0. The Kier molecular flexibility index (Phi) is 3.18. The zero-order valence-corrected chi connectivity index (χ0v) is 11.3. The molecule has 2 aliphatic rings. The Morgan fingerprint density at radius 3 is 2.69 bits per heavy atom. The van der Waals surface area contributed by atoms with Gasteiger partial charge in [-0.15, -0.1) is 0 Å².